The molecule has 1 aromatic carbocycles. The van der Waals surface area contributed by atoms with Gasteiger partial charge in [-0.15, -0.1) is 0 Å². The Morgan fingerprint density at radius 2 is 2.17 bits per heavy atom. The van der Waals surface area contributed by atoms with Crippen molar-refractivity contribution in [1.82, 2.24) is 15.5 Å². The molecule has 0 saturated heterocycles. The summed E-state index contributed by atoms with van der Waals surface area (Å²) in [6.07, 6.45) is 2.21. The number of amides is 1. The molecule has 2 rings (SSSR count). The summed E-state index contributed by atoms with van der Waals surface area (Å²) in [4.78, 5) is 11.9. The van der Waals surface area contributed by atoms with E-state index in [0.717, 1.165) is 6.42 Å². The molecule has 0 radical (unpaired) electrons. The molecule has 0 saturated carbocycles. The quantitative estimate of drug-likeness (QED) is 0.759. The molecular weight excluding hydrogens is 228 g/mol. The first-order chi connectivity index (χ1) is 8.66. The number of hydrogen-bond acceptors (Lipinski definition) is 3. The molecule has 4 N–H and O–H groups in total. The number of carbonyl (C=O) groups excluding carboxylic acids is 1. The van der Waals surface area contributed by atoms with Crippen LogP contribution in [0.15, 0.2) is 36.5 Å². The van der Waals surface area contributed by atoms with Gasteiger partial charge < -0.3 is 11.1 Å². The summed E-state index contributed by atoms with van der Waals surface area (Å²) in [7, 11) is 0. The van der Waals surface area contributed by atoms with E-state index in [4.69, 9.17) is 5.73 Å². The van der Waals surface area contributed by atoms with Crippen molar-refractivity contribution in [2.24, 2.45) is 0 Å². The van der Waals surface area contributed by atoms with Gasteiger partial charge in [0.1, 0.15) is 11.4 Å². The molecule has 0 spiro atoms. The minimum absolute atomic E-state index is 0.0363. The molecule has 1 atom stereocenters. The van der Waals surface area contributed by atoms with Crippen molar-refractivity contribution in [3.05, 3.63) is 47.7 Å². The second-order valence-electron chi connectivity index (χ2n) is 4.26. The van der Waals surface area contributed by atoms with Crippen molar-refractivity contribution < 1.29 is 4.79 Å². The Bertz CT molecular complexity index is 521. The van der Waals surface area contributed by atoms with E-state index in [1.54, 1.807) is 0 Å². The third-order valence-electron chi connectivity index (χ3n) is 2.68. The number of anilines is 1. The lowest BCUT2D eigenvalue weighted by molar-refractivity contribution is 0.0941. The van der Waals surface area contributed by atoms with Crippen LogP contribution in [-0.4, -0.2) is 22.1 Å². The Labute approximate surface area is 105 Å². The van der Waals surface area contributed by atoms with E-state index in [2.05, 4.69) is 15.5 Å². The first kappa shape index (κ1) is 12.2. The third kappa shape index (κ3) is 2.88. The van der Waals surface area contributed by atoms with Crippen molar-refractivity contribution in [1.29, 1.82) is 0 Å². The molecule has 1 aromatic heterocycles. The van der Waals surface area contributed by atoms with E-state index in [1.807, 2.05) is 37.3 Å². The van der Waals surface area contributed by atoms with E-state index in [-0.39, 0.29) is 11.9 Å². The van der Waals surface area contributed by atoms with Gasteiger partial charge >= 0.3 is 0 Å². The number of nitrogens with zero attached hydrogens (tertiary/aromatic N) is 1. The predicted octanol–water partition coefficient (Wildman–Crippen LogP) is 1.35. The summed E-state index contributed by atoms with van der Waals surface area (Å²) in [5, 5.41) is 9.16. The largest absolute Gasteiger partial charge is 0.383 e. The van der Waals surface area contributed by atoms with Crippen LogP contribution in [0.25, 0.3) is 0 Å². The lowest BCUT2D eigenvalue weighted by Crippen LogP contribution is -2.34. The molecule has 0 bridgehead atoms. The summed E-state index contributed by atoms with van der Waals surface area (Å²) in [5.74, 6) is 0.0871. The lowest BCUT2D eigenvalue weighted by atomic mass is 10.1. The summed E-state index contributed by atoms with van der Waals surface area (Å²) >= 11 is 0. The molecule has 0 fully saturated rings. The standard InChI is InChI=1S/C13H16N4O/c1-9(7-10-5-3-2-4-6-10)16-13(18)11-8-15-17-12(11)14/h2-6,8-9H,7H2,1H3,(H,16,18)(H3,14,15,17). The topological polar surface area (TPSA) is 83.8 Å². The predicted molar refractivity (Wildman–Crippen MR) is 70.1 cm³/mol. The molecule has 18 heavy (non-hydrogen) atoms. The molecule has 5 heteroatoms. The molecule has 0 aliphatic rings. The highest BCUT2D eigenvalue weighted by Crippen LogP contribution is 2.07. The van der Waals surface area contributed by atoms with Crippen LogP contribution in [0.1, 0.15) is 22.8 Å². The van der Waals surface area contributed by atoms with Crippen molar-refractivity contribution in [3.8, 4) is 0 Å². The van der Waals surface area contributed by atoms with Crippen LogP contribution in [0.5, 0.6) is 0 Å². The van der Waals surface area contributed by atoms with E-state index < -0.39 is 0 Å². The molecule has 2 aromatic rings. The minimum atomic E-state index is -0.204. The number of H-pyrrole nitrogens is 1. The SMILES string of the molecule is CC(Cc1ccccc1)NC(=O)c1cn[nH]c1N. The van der Waals surface area contributed by atoms with Gasteiger partial charge in [-0.3, -0.25) is 9.89 Å². The van der Waals surface area contributed by atoms with Gasteiger partial charge in [0.25, 0.3) is 5.91 Å². The lowest BCUT2D eigenvalue weighted by Gasteiger charge is -2.13. The Kier molecular flexibility index (Phi) is 3.62. The fraction of sp³-hybridized carbons (Fsp3) is 0.231. The van der Waals surface area contributed by atoms with E-state index in [1.165, 1.54) is 11.8 Å². The van der Waals surface area contributed by atoms with Crippen LogP contribution in [0.3, 0.4) is 0 Å². The van der Waals surface area contributed by atoms with Gasteiger partial charge in [-0.2, -0.15) is 5.10 Å². The first-order valence-electron chi connectivity index (χ1n) is 5.80. The van der Waals surface area contributed by atoms with Gasteiger partial charge in [0.05, 0.1) is 6.20 Å². The van der Waals surface area contributed by atoms with Crippen LogP contribution in [0, 0.1) is 0 Å². The number of rotatable bonds is 4. The second-order valence-corrected chi connectivity index (χ2v) is 4.26. The number of aromatic nitrogens is 2. The van der Waals surface area contributed by atoms with Gasteiger partial charge in [-0.25, -0.2) is 0 Å². The minimum Gasteiger partial charge on any atom is -0.383 e. The highest BCUT2D eigenvalue weighted by atomic mass is 16.1. The molecule has 1 unspecified atom stereocenters. The average Bonchev–Trinajstić information content (AvgIpc) is 2.76. The Hall–Kier alpha value is -2.30. The second kappa shape index (κ2) is 5.35. The van der Waals surface area contributed by atoms with Gasteiger partial charge in [0.2, 0.25) is 0 Å². The number of aromatic amines is 1. The number of nitrogens with one attached hydrogen (secondary N) is 2. The van der Waals surface area contributed by atoms with E-state index >= 15 is 0 Å². The maximum absolute atomic E-state index is 11.9. The summed E-state index contributed by atoms with van der Waals surface area (Å²) < 4.78 is 0. The fourth-order valence-electron chi connectivity index (χ4n) is 1.80. The van der Waals surface area contributed by atoms with Crippen LogP contribution < -0.4 is 11.1 Å². The van der Waals surface area contributed by atoms with Crippen LogP contribution in [-0.2, 0) is 6.42 Å². The Morgan fingerprint density at radius 3 is 2.78 bits per heavy atom. The zero-order chi connectivity index (χ0) is 13.0. The van der Waals surface area contributed by atoms with Crippen LogP contribution in [0.4, 0.5) is 5.82 Å². The summed E-state index contributed by atoms with van der Waals surface area (Å²) in [6.45, 7) is 1.96. The zero-order valence-electron chi connectivity index (χ0n) is 10.2. The molecular formula is C13H16N4O. The molecule has 0 aliphatic carbocycles. The van der Waals surface area contributed by atoms with Gasteiger partial charge in [0, 0.05) is 6.04 Å². The maximum atomic E-state index is 11.9. The van der Waals surface area contributed by atoms with Crippen LogP contribution in [0.2, 0.25) is 0 Å². The van der Waals surface area contributed by atoms with Crippen molar-refractivity contribution >= 4 is 11.7 Å². The number of hydrogen-bond donors (Lipinski definition) is 3. The zero-order valence-corrected chi connectivity index (χ0v) is 10.2. The van der Waals surface area contributed by atoms with Gasteiger partial charge in [-0.1, -0.05) is 30.3 Å². The number of benzene rings is 1. The molecule has 94 valence electrons. The smallest absolute Gasteiger partial charge is 0.256 e. The van der Waals surface area contributed by atoms with E-state index in [0.29, 0.717) is 11.4 Å². The normalized spacial score (nSPS) is 12.1. The van der Waals surface area contributed by atoms with Crippen molar-refractivity contribution in [2.45, 2.75) is 19.4 Å². The van der Waals surface area contributed by atoms with Crippen molar-refractivity contribution in [2.75, 3.05) is 5.73 Å². The number of carbonyl (C=O) groups is 1. The third-order valence-corrected chi connectivity index (χ3v) is 2.68. The van der Waals surface area contributed by atoms with Crippen molar-refractivity contribution in [3.63, 3.8) is 0 Å². The number of nitrogen functional groups attached to an aromatic ring is 1. The highest BCUT2D eigenvalue weighted by molar-refractivity contribution is 5.98. The maximum Gasteiger partial charge on any atom is 0.256 e. The summed E-state index contributed by atoms with van der Waals surface area (Å²) in [6, 6.07) is 10.0. The fourth-order valence-corrected chi connectivity index (χ4v) is 1.80. The number of nitrogens with two attached hydrogens (primary N) is 1. The molecule has 0 aliphatic heterocycles. The summed E-state index contributed by atoms with van der Waals surface area (Å²) in [5.41, 5.74) is 7.16. The van der Waals surface area contributed by atoms with Crippen LogP contribution >= 0.6 is 0 Å². The molecule has 5 nitrogen and oxygen atoms in total. The Morgan fingerprint density at radius 1 is 1.44 bits per heavy atom. The highest BCUT2D eigenvalue weighted by Gasteiger charge is 2.14. The first-order valence-corrected chi connectivity index (χ1v) is 5.80. The Balaban J connectivity index is 1.94. The molecule has 1 heterocycles. The average molecular weight is 244 g/mol. The van der Waals surface area contributed by atoms with E-state index in [9.17, 15) is 4.79 Å². The monoisotopic (exact) mass is 244 g/mol. The van der Waals surface area contributed by atoms with Gasteiger partial charge in [-0.05, 0) is 18.9 Å². The molecule has 1 amide bonds. The van der Waals surface area contributed by atoms with Gasteiger partial charge in [0.15, 0.2) is 0 Å².